The summed E-state index contributed by atoms with van der Waals surface area (Å²) >= 11 is 2.96. The van der Waals surface area contributed by atoms with Gasteiger partial charge in [-0.15, -0.1) is 0 Å². The zero-order valence-electron chi connectivity index (χ0n) is 11.2. The van der Waals surface area contributed by atoms with Crippen LogP contribution in [0.25, 0.3) is 0 Å². The topological polar surface area (TPSA) is 66.5 Å². The summed E-state index contributed by atoms with van der Waals surface area (Å²) in [5.41, 5.74) is 0. The molecule has 0 radical (unpaired) electrons. The van der Waals surface area contributed by atoms with Crippen molar-refractivity contribution in [1.82, 2.24) is 9.62 Å². The minimum atomic E-state index is -3.89. The molecule has 20 heavy (non-hydrogen) atoms. The number of amides is 1. The summed E-state index contributed by atoms with van der Waals surface area (Å²) in [7, 11) is -3.89. The first-order chi connectivity index (χ1) is 9.32. The van der Waals surface area contributed by atoms with Crippen LogP contribution in [0.1, 0.15) is 13.8 Å². The summed E-state index contributed by atoms with van der Waals surface area (Å²) < 4.78 is 39.3. The highest BCUT2D eigenvalue weighted by Gasteiger charge is 2.25. The molecule has 0 saturated carbocycles. The SMILES string of the molecule is CCNC(=O)CN(CC)S(=O)(=O)c1ccc(Br)c(F)c1. The van der Waals surface area contributed by atoms with Crippen LogP contribution in [0.3, 0.4) is 0 Å². The van der Waals surface area contributed by atoms with E-state index < -0.39 is 21.7 Å². The summed E-state index contributed by atoms with van der Waals surface area (Å²) in [4.78, 5) is 11.3. The average Bonchev–Trinajstić information content (AvgIpc) is 2.39. The zero-order valence-corrected chi connectivity index (χ0v) is 13.6. The Bertz CT molecular complexity index is 592. The highest BCUT2D eigenvalue weighted by molar-refractivity contribution is 9.10. The number of hydrogen-bond donors (Lipinski definition) is 1. The Morgan fingerprint density at radius 1 is 1.40 bits per heavy atom. The third kappa shape index (κ3) is 4.00. The molecule has 0 fully saturated rings. The molecular weight excluding hydrogens is 351 g/mol. The minimum Gasteiger partial charge on any atom is -0.355 e. The van der Waals surface area contributed by atoms with Crippen LogP contribution in [0.2, 0.25) is 0 Å². The van der Waals surface area contributed by atoms with E-state index in [9.17, 15) is 17.6 Å². The molecule has 0 aliphatic rings. The first-order valence-electron chi connectivity index (χ1n) is 6.04. The fraction of sp³-hybridized carbons (Fsp3) is 0.417. The molecule has 0 spiro atoms. The predicted molar refractivity (Wildman–Crippen MR) is 77.2 cm³/mol. The number of rotatable bonds is 6. The molecule has 0 atom stereocenters. The first kappa shape index (κ1) is 17.1. The van der Waals surface area contributed by atoms with Crippen molar-refractivity contribution in [3.63, 3.8) is 0 Å². The first-order valence-corrected chi connectivity index (χ1v) is 8.28. The van der Waals surface area contributed by atoms with Gasteiger partial charge in [-0.05, 0) is 41.1 Å². The van der Waals surface area contributed by atoms with Crippen molar-refractivity contribution >= 4 is 31.9 Å². The van der Waals surface area contributed by atoms with Crippen LogP contribution in [0.4, 0.5) is 4.39 Å². The lowest BCUT2D eigenvalue weighted by Gasteiger charge is -2.20. The number of likely N-dealkylation sites (N-methyl/N-ethyl adjacent to an activating group) is 2. The van der Waals surface area contributed by atoms with E-state index in [2.05, 4.69) is 21.2 Å². The summed E-state index contributed by atoms with van der Waals surface area (Å²) in [6.45, 7) is 3.61. The third-order valence-electron chi connectivity index (χ3n) is 2.58. The number of sulfonamides is 1. The fourth-order valence-corrected chi connectivity index (χ4v) is 3.23. The molecule has 0 saturated heterocycles. The lowest BCUT2D eigenvalue weighted by atomic mass is 10.3. The van der Waals surface area contributed by atoms with Crippen molar-refractivity contribution in [3.8, 4) is 0 Å². The van der Waals surface area contributed by atoms with E-state index in [0.29, 0.717) is 6.54 Å². The van der Waals surface area contributed by atoms with Crippen LogP contribution in [-0.2, 0) is 14.8 Å². The van der Waals surface area contributed by atoms with Gasteiger partial charge in [0.1, 0.15) is 5.82 Å². The summed E-state index contributed by atoms with van der Waals surface area (Å²) in [5, 5.41) is 2.53. The van der Waals surface area contributed by atoms with Gasteiger partial charge in [0.25, 0.3) is 0 Å². The molecule has 5 nitrogen and oxygen atoms in total. The standard InChI is InChI=1S/C12H16BrFN2O3S/c1-3-15-12(17)8-16(4-2)20(18,19)9-5-6-10(13)11(14)7-9/h5-7H,3-4,8H2,1-2H3,(H,15,17). The molecule has 1 aromatic carbocycles. The van der Waals surface area contributed by atoms with Crippen LogP contribution in [-0.4, -0.2) is 38.3 Å². The van der Waals surface area contributed by atoms with Crippen molar-refractivity contribution in [3.05, 3.63) is 28.5 Å². The van der Waals surface area contributed by atoms with E-state index >= 15 is 0 Å². The number of nitrogens with zero attached hydrogens (tertiary/aromatic N) is 1. The Labute approximate surface area is 126 Å². The van der Waals surface area contributed by atoms with Crippen LogP contribution in [0.5, 0.6) is 0 Å². The summed E-state index contributed by atoms with van der Waals surface area (Å²) in [5.74, 6) is -1.06. The number of halogens is 2. The van der Waals surface area contributed by atoms with E-state index in [1.807, 2.05) is 0 Å². The molecule has 1 aromatic rings. The molecule has 0 bridgehead atoms. The molecule has 0 unspecified atom stereocenters. The van der Waals surface area contributed by atoms with E-state index in [-0.39, 0.29) is 22.5 Å². The molecule has 0 aromatic heterocycles. The maximum atomic E-state index is 13.5. The van der Waals surface area contributed by atoms with Crippen LogP contribution in [0, 0.1) is 5.82 Å². The molecule has 8 heteroatoms. The van der Waals surface area contributed by atoms with Crippen LogP contribution in [0.15, 0.2) is 27.6 Å². The molecule has 1 amide bonds. The Morgan fingerprint density at radius 3 is 2.55 bits per heavy atom. The van der Waals surface area contributed by atoms with Crippen molar-refractivity contribution < 1.29 is 17.6 Å². The molecule has 0 heterocycles. The monoisotopic (exact) mass is 366 g/mol. The lowest BCUT2D eigenvalue weighted by Crippen LogP contribution is -2.40. The smallest absolute Gasteiger partial charge is 0.243 e. The van der Waals surface area contributed by atoms with Gasteiger partial charge in [-0.2, -0.15) is 4.31 Å². The fourth-order valence-electron chi connectivity index (χ4n) is 1.57. The van der Waals surface area contributed by atoms with Gasteiger partial charge in [-0.1, -0.05) is 6.92 Å². The van der Waals surface area contributed by atoms with Crippen molar-refractivity contribution in [1.29, 1.82) is 0 Å². The third-order valence-corrected chi connectivity index (χ3v) is 5.14. The second-order valence-corrected chi connectivity index (χ2v) is 6.75. The Hall–Kier alpha value is -0.990. The van der Waals surface area contributed by atoms with E-state index in [0.717, 1.165) is 10.4 Å². The maximum absolute atomic E-state index is 13.5. The van der Waals surface area contributed by atoms with Gasteiger partial charge in [-0.25, -0.2) is 12.8 Å². The maximum Gasteiger partial charge on any atom is 0.243 e. The van der Waals surface area contributed by atoms with Gasteiger partial charge in [0.2, 0.25) is 15.9 Å². The Morgan fingerprint density at radius 2 is 2.05 bits per heavy atom. The van der Waals surface area contributed by atoms with Crippen molar-refractivity contribution in [2.45, 2.75) is 18.7 Å². The molecule has 1 N–H and O–H groups in total. The highest BCUT2D eigenvalue weighted by atomic mass is 79.9. The summed E-state index contributed by atoms with van der Waals surface area (Å²) in [6, 6.07) is 3.55. The highest BCUT2D eigenvalue weighted by Crippen LogP contribution is 2.21. The Balaban J connectivity index is 3.05. The molecule has 0 aliphatic heterocycles. The normalized spacial score (nSPS) is 11.7. The predicted octanol–water partition coefficient (Wildman–Crippen LogP) is 1.73. The van der Waals surface area contributed by atoms with Crippen molar-refractivity contribution in [2.24, 2.45) is 0 Å². The lowest BCUT2D eigenvalue weighted by molar-refractivity contribution is -0.121. The van der Waals surface area contributed by atoms with Gasteiger partial charge in [0.05, 0.1) is 15.9 Å². The van der Waals surface area contributed by atoms with E-state index in [1.54, 1.807) is 13.8 Å². The van der Waals surface area contributed by atoms with E-state index in [4.69, 9.17) is 0 Å². The number of nitrogens with one attached hydrogen (secondary N) is 1. The van der Waals surface area contributed by atoms with Crippen LogP contribution >= 0.6 is 15.9 Å². The second kappa shape index (κ2) is 7.14. The van der Waals surface area contributed by atoms with E-state index in [1.165, 1.54) is 12.1 Å². The summed E-state index contributed by atoms with van der Waals surface area (Å²) in [6.07, 6.45) is 0. The number of hydrogen-bond acceptors (Lipinski definition) is 3. The largest absolute Gasteiger partial charge is 0.355 e. The molecule has 0 aliphatic carbocycles. The minimum absolute atomic E-state index is 0.122. The zero-order chi connectivity index (χ0) is 15.3. The van der Waals surface area contributed by atoms with Gasteiger partial charge in [-0.3, -0.25) is 4.79 Å². The molecule has 112 valence electrons. The van der Waals surface area contributed by atoms with Gasteiger partial charge in [0, 0.05) is 13.1 Å². The number of carbonyl (C=O) groups excluding carboxylic acids is 1. The quantitative estimate of drug-likeness (QED) is 0.833. The molecular formula is C12H16BrFN2O3S. The van der Waals surface area contributed by atoms with Gasteiger partial charge in [0.15, 0.2) is 0 Å². The number of carbonyl (C=O) groups is 1. The number of benzene rings is 1. The average molecular weight is 367 g/mol. The van der Waals surface area contributed by atoms with Gasteiger partial charge < -0.3 is 5.32 Å². The van der Waals surface area contributed by atoms with Crippen molar-refractivity contribution in [2.75, 3.05) is 19.6 Å². The van der Waals surface area contributed by atoms with Crippen LogP contribution < -0.4 is 5.32 Å². The second-order valence-electron chi connectivity index (χ2n) is 3.96. The van der Waals surface area contributed by atoms with Gasteiger partial charge >= 0.3 is 0 Å². The Kier molecular flexibility index (Phi) is 6.09. The molecule has 1 rings (SSSR count).